The number of hydrogen-bond acceptors (Lipinski definition) is 5. The number of fused-ring (bicyclic) bond motifs is 3. The van der Waals surface area contributed by atoms with Crippen molar-refractivity contribution in [2.45, 2.75) is 12.8 Å². The fraction of sp³-hybridized carbons (Fsp3) is 0.308. The molecule has 9 nitrogen and oxygen atoms in total. The zero-order chi connectivity index (χ0) is 24.7. The number of aryl methyl sites for hydroxylation is 1. The summed E-state index contributed by atoms with van der Waals surface area (Å²) in [7, 11) is 1.60. The van der Waals surface area contributed by atoms with Crippen LogP contribution in [0, 0.1) is 11.8 Å². The van der Waals surface area contributed by atoms with Gasteiger partial charge in [0.1, 0.15) is 12.3 Å². The van der Waals surface area contributed by atoms with Gasteiger partial charge >= 0.3 is 12.1 Å². The number of amides is 2. The van der Waals surface area contributed by atoms with Crippen LogP contribution in [0.3, 0.4) is 0 Å². The van der Waals surface area contributed by atoms with Crippen molar-refractivity contribution in [2.24, 2.45) is 18.9 Å². The number of carbonyl (C=O) groups excluding carboxylic acids is 2. The molecule has 1 aliphatic heterocycles. The summed E-state index contributed by atoms with van der Waals surface area (Å²) in [6, 6.07) is 17.7. The maximum atomic E-state index is 12.9. The third-order valence-electron chi connectivity index (χ3n) is 6.89. The monoisotopic (exact) mass is 474 g/mol. The van der Waals surface area contributed by atoms with Crippen molar-refractivity contribution >= 4 is 23.8 Å². The predicted octanol–water partition coefficient (Wildman–Crippen LogP) is 3.57. The van der Waals surface area contributed by atoms with E-state index in [9.17, 15) is 19.5 Å². The van der Waals surface area contributed by atoms with Crippen molar-refractivity contribution in [3.05, 3.63) is 71.4 Å². The summed E-state index contributed by atoms with van der Waals surface area (Å²) in [4.78, 5) is 38.4. The first-order chi connectivity index (χ1) is 16.8. The van der Waals surface area contributed by atoms with Gasteiger partial charge in [-0.05, 0) is 28.2 Å². The largest absolute Gasteiger partial charge is 0.481 e. The van der Waals surface area contributed by atoms with Gasteiger partial charge in [0.25, 0.3) is 5.91 Å². The van der Waals surface area contributed by atoms with Gasteiger partial charge in [0.2, 0.25) is 0 Å². The quantitative estimate of drug-likeness (QED) is 0.584. The average molecular weight is 475 g/mol. The Morgan fingerprint density at radius 1 is 1.06 bits per heavy atom. The molecule has 2 atom stereocenters. The first-order valence-corrected chi connectivity index (χ1v) is 11.5. The summed E-state index contributed by atoms with van der Waals surface area (Å²) in [6.07, 6.45) is -0.662. The summed E-state index contributed by atoms with van der Waals surface area (Å²) in [5.74, 6) is -1.83. The van der Waals surface area contributed by atoms with Crippen molar-refractivity contribution in [3.63, 3.8) is 0 Å². The van der Waals surface area contributed by atoms with E-state index in [2.05, 4.69) is 22.5 Å². The SMILES string of the molecule is CC1CN(C(=O)c2cc(NC(=O)OCC3c4ccccc4-c4ccccc43)nn2C)CC1C(=O)O. The van der Waals surface area contributed by atoms with Gasteiger partial charge in [0.05, 0.1) is 5.92 Å². The zero-order valence-corrected chi connectivity index (χ0v) is 19.5. The summed E-state index contributed by atoms with van der Waals surface area (Å²) in [6.45, 7) is 2.49. The number of hydrogen-bond donors (Lipinski definition) is 2. The third kappa shape index (κ3) is 4.14. The lowest BCUT2D eigenvalue weighted by Gasteiger charge is -2.15. The molecule has 2 aromatic carbocycles. The topological polar surface area (TPSA) is 114 Å². The number of carboxylic acid groups (broad SMARTS) is 1. The van der Waals surface area contributed by atoms with Gasteiger partial charge in [0, 0.05) is 32.1 Å². The minimum Gasteiger partial charge on any atom is -0.481 e. The summed E-state index contributed by atoms with van der Waals surface area (Å²) >= 11 is 0. The number of anilines is 1. The lowest BCUT2D eigenvalue weighted by atomic mass is 9.98. The van der Waals surface area contributed by atoms with Crippen molar-refractivity contribution < 1.29 is 24.2 Å². The molecule has 1 aliphatic carbocycles. The van der Waals surface area contributed by atoms with Crippen LogP contribution in [0.4, 0.5) is 10.6 Å². The Labute approximate surface area is 202 Å². The molecule has 180 valence electrons. The molecule has 2 heterocycles. The van der Waals surface area contributed by atoms with Gasteiger partial charge in [-0.1, -0.05) is 55.5 Å². The van der Waals surface area contributed by atoms with Gasteiger partial charge in [-0.2, -0.15) is 5.10 Å². The van der Waals surface area contributed by atoms with Crippen molar-refractivity contribution in [1.82, 2.24) is 14.7 Å². The zero-order valence-electron chi connectivity index (χ0n) is 19.5. The van der Waals surface area contributed by atoms with E-state index in [4.69, 9.17) is 4.74 Å². The maximum absolute atomic E-state index is 12.9. The fourth-order valence-corrected chi connectivity index (χ4v) is 5.08. The summed E-state index contributed by atoms with van der Waals surface area (Å²) in [5, 5.41) is 16.1. The van der Waals surface area contributed by atoms with Gasteiger partial charge < -0.3 is 14.7 Å². The van der Waals surface area contributed by atoms with Crippen LogP contribution in [-0.4, -0.2) is 57.5 Å². The van der Waals surface area contributed by atoms with Crippen LogP contribution < -0.4 is 5.32 Å². The van der Waals surface area contributed by atoms with Crippen LogP contribution in [0.25, 0.3) is 11.1 Å². The Morgan fingerprint density at radius 2 is 1.69 bits per heavy atom. The molecule has 3 aromatic rings. The fourth-order valence-electron chi connectivity index (χ4n) is 5.08. The Hall–Kier alpha value is -4.14. The molecule has 2 N–H and O–H groups in total. The van der Waals surface area contributed by atoms with Gasteiger partial charge in [-0.25, -0.2) is 4.79 Å². The second-order valence-corrected chi connectivity index (χ2v) is 9.12. The highest BCUT2D eigenvalue weighted by molar-refractivity contribution is 5.95. The molecule has 9 heteroatoms. The van der Waals surface area contributed by atoms with Crippen molar-refractivity contribution in [3.8, 4) is 11.1 Å². The maximum Gasteiger partial charge on any atom is 0.412 e. The van der Waals surface area contributed by atoms with Gasteiger partial charge in [-0.15, -0.1) is 0 Å². The number of aliphatic carboxylic acids is 1. The van der Waals surface area contributed by atoms with Crippen molar-refractivity contribution in [1.29, 1.82) is 0 Å². The molecule has 1 saturated heterocycles. The van der Waals surface area contributed by atoms with E-state index in [1.165, 1.54) is 15.6 Å². The number of ether oxygens (including phenoxy) is 1. The molecule has 0 radical (unpaired) electrons. The minimum atomic E-state index is -0.907. The van der Waals surface area contributed by atoms with Crippen LogP contribution in [0.15, 0.2) is 54.6 Å². The normalized spacial score (nSPS) is 18.7. The Balaban J connectivity index is 1.24. The van der Waals surface area contributed by atoms with Crippen LogP contribution >= 0.6 is 0 Å². The lowest BCUT2D eigenvalue weighted by molar-refractivity contribution is -0.142. The van der Waals surface area contributed by atoms with E-state index in [1.54, 1.807) is 7.05 Å². The molecule has 0 bridgehead atoms. The summed E-state index contributed by atoms with van der Waals surface area (Å²) < 4.78 is 6.92. The molecule has 0 spiro atoms. The smallest absolute Gasteiger partial charge is 0.412 e. The van der Waals surface area contributed by atoms with E-state index in [-0.39, 0.29) is 42.4 Å². The number of nitrogens with zero attached hydrogens (tertiary/aromatic N) is 3. The van der Waals surface area contributed by atoms with E-state index in [0.29, 0.717) is 6.54 Å². The second kappa shape index (κ2) is 8.90. The van der Waals surface area contributed by atoms with E-state index >= 15 is 0 Å². The highest BCUT2D eigenvalue weighted by Gasteiger charge is 2.38. The van der Waals surface area contributed by atoms with E-state index in [1.807, 2.05) is 43.3 Å². The minimum absolute atomic E-state index is 0.0617. The predicted molar refractivity (Wildman–Crippen MR) is 128 cm³/mol. The molecular weight excluding hydrogens is 448 g/mol. The first-order valence-electron chi connectivity index (χ1n) is 11.5. The highest BCUT2D eigenvalue weighted by atomic mass is 16.5. The van der Waals surface area contributed by atoms with E-state index < -0.39 is 18.0 Å². The molecule has 1 aromatic heterocycles. The highest BCUT2D eigenvalue weighted by Crippen LogP contribution is 2.44. The molecule has 35 heavy (non-hydrogen) atoms. The molecule has 0 saturated carbocycles. The number of likely N-dealkylation sites (tertiary alicyclic amines) is 1. The van der Waals surface area contributed by atoms with Crippen LogP contribution in [0.1, 0.15) is 34.5 Å². The molecule has 2 amide bonds. The number of benzene rings is 2. The Bertz CT molecular complexity index is 1270. The Morgan fingerprint density at radius 3 is 2.29 bits per heavy atom. The van der Waals surface area contributed by atoms with E-state index in [0.717, 1.165) is 22.3 Å². The lowest BCUT2D eigenvalue weighted by Crippen LogP contribution is -2.31. The first kappa shape index (κ1) is 22.6. The van der Waals surface area contributed by atoms with Crippen LogP contribution in [0.5, 0.6) is 0 Å². The van der Waals surface area contributed by atoms with Crippen molar-refractivity contribution in [2.75, 3.05) is 25.0 Å². The third-order valence-corrected chi connectivity index (χ3v) is 6.89. The number of nitrogens with one attached hydrogen (secondary N) is 1. The number of carboxylic acids is 1. The van der Waals surface area contributed by atoms with Gasteiger partial charge in [-0.3, -0.25) is 19.6 Å². The number of rotatable bonds is 5. The Kier molecular flexibility index (Phi) is 5.76. The number of aromatic nitrogens is 2. The average Bonchev–Trinajstić information content (AvgIpc) is 3.50. The standard InChI is InChI=1S/C26H26N4O5/c1-15-12-30(13-20(15)25(32)33)24(31)22-11-23(28-29(22)2)27-26(34)35-14-21-18-9-5-3-7-16(18)17-8-4-6-10-19(17)21/h3-11,15,20-21H,12-14H2,1-2H3,(H,32,33)(H,27,28,34). The molecular formula is C26H26N4O5. The second-order valence-electron chi connectivity index (χ2n) is 9.12. The van der Waals surface area contributed by atoms with Gasteiger partial charge in [0.15, 0.2) is 5.82 Å². The number of carbonyl (C=O) groups is 3. The molecule has 2 aliphatic rings. The van der Waals surface area contributed by atoms with Crippen LogP contribution in [0.2, 0.25) is 0 Å². The molecule has 5 rings (SSSR count). The van der Waals surface area contributed by atoms with Crippen LogP contribution in [-0.2, 0) is 16.6 Å². The molecule has 2 unspecified atom stereocenters. The molecule has 1 fully saturated rings. The summed E-state index contributed by atoms with van der Waals surface area (Å²) in [5.41, 5.74) is 4.79.